The van der Waals surface area contributed by atoms with Gasteiger partial charge in [0.15, 0.2) is 0 Å². The number of nitrogens with zero attached hydrogens (tertiary/aromatic N) is 1. The summed E-state index contributed by atoms with van der Waals surface area (Å²) < 4.78 is 0. The smallest absolute Gasteiger partial charge is 0.255 e. The molecular formula is C12H15ClN2O2. The topological polar surface area (TPSA) is 52.6 Å². The molecule has 2 N–H and O–H groups in total. The Morgan fingerprint density at radius 2 is 2.35 bits per heavy atom. The first-order valence-corrected chi connectivity index (χ1v) is 5.92. The van der Waals surface area contributed by atoms with E-state index in [9.17, 15) is 9.90 Å². The molecule has 2 rings (SSSR count). The van der Waals surface area contributed by atoms with Crippen LogP contribution >= 0.6 is 11.6 Å². The fraction of sp³-hybridized carbons (Fsp3) is 0.417. The standard InChI is InChI=1S/C12H15ClN2O2/c1-15-5-4-9(7-15)14-12(17)10-3-2-8(13)6-11(10)16/h2-3,6,9,16H,4-5,7H2,1H3,(H,14,17)/t9-/m1/s1. The van der Waals surface area contributed by atoms with Gasteiger partial charge in [-0.05, 0) is 38.2 Å². The van der Waals surface area contributed by atoms with E-state index in [2.05, 4.69) is 10.2 Å². The van der Waals surface area contributed by atoms with Gasteiger partial charge >= 0.3 is 0 Å². The number of rotatable bonds is 2. The molecule has 1 atom stereocenters. The average Bonchev–Trinajstić information content (AvgIpc) is 2.63. The van der Waals surface area contributed by atoms with Gasteiger partial charge in [-0.3, -0.25) is 4.79 Å². The summed E-state index contributed by atoms with van der Waals surface area (Å²) in [6.45, 7) is 1.83. The third kappa shape index (κ3) is 2.90. The molecule has 0 spiro atoms. The maximum Gasteiger partial charge on any atom is 0.255 e. The SMILES string of the molecule is CN1CC[C@@H](NC(=O)c2ccc(Cl)cc2O)C1. The molecule has 17 heavy (non-hydrogen) atoms. The highest BCUT2D eigenvalue weighted by Gasteiger charge is 2.22. The molecule has 0 aromatic heterocycles. The first kappa shape index (κ1) is 12.2. The van der Waals surface area contributed by atoms with Crippen molar-refractivity contribution in [3.05, 3.63) is 28.8 Å². The zero-order valence-electron chi connectivity index (χ0n) is 9.61. The number of hydrogen-bond acceptors (Lipinski definition) is 3. The first-order valence-electron chi connectivity index (χ1n) is 5.54. The van der Waals surface area contributed by atoms with Crippen LogP contribution in [0.4, 0.5) is 0 Å². The molecule has 0 saturated carbocycles. The third-order valence-corrected chi connectivity index (χ3v) is 3.17. The van der Waals surface area contributed by atoms with Gasteiger partial charge in [0.1, 0.15) is 5.75 Å². The first-order chi connectivity index (χ1) is 8.06. The summed E-state index contributed by atoms with van der Waals surface area (Å²) in [4.78, 5) is 14.1. The minimum absolute atomic E-state index is 0.0821. The predicted octanol–water partition coefficient (Wildman–Crippen LogP) is 1.48. The van der Waals surface area contributed by atoms with Gasteiger partial charge in [0.05, 0.1) is 5.56 Å². The number of halogens is 1. The van der Waals surface area contributed by atoms with E-state index in [0.29, 0.717) is 5.02 Å². The maximum absolute atomic E-state index is 11.9. The maximum atomic E-state index is 11.9. The van der Waals surface area contributed by atoms with Crippen molar-refractivity contribution in [3.63, 3.8) is 0 Å². The number of phenolic OH excluding ortho intramolecular Hbond substituents is 1. The Morgan fingerprint density at radius 3 is 2.94 bits per heavy atom. The van der Waals surface area contributed by atoms with Gasteiger partial charge in [-0.2, -0.15) is 0 Å². The Kier molecular flexibility index (Phi) is 3.54. The third-order valence-electron chi connectivity index (χ3n) is 2.93. The molecule has 1 aromatic rings. The van der Waals surface area contributed by atoms with Crippen molar-refractivity contribution >= 4 is 17.5 Å². The van der Waals surface area contributed by atoms with Crippen LogP contribution < -0.4 is 5.32 Å². The summed E-state index contributed by atoms with van der Waals surface area (Å²) in [6, 6.07) is 4.66. The Morgan fingerprint density at radius 1 is 1.59 bits per heavy atom. The summed E-state index contributed by atoms with van der Waals surface area (Å²) in [7, 11) is 2.02. The summed E-state index contributed by atoms with van der Waals surface area (Å²) >= 11 is 5.71. The van der Waals surface area contributed by atoms with Crippen molar-refractivity contribution in [3.8, 4) is 5.75 Å². The number of phenols is 1. The fourth-order valence-electron chi connectivity index (χ4n) is 2.01. The van der Waals surface area contributed by atoms with Crippen molar-refractivity contribution in [2.45, 2.75) is 12.5 Å². The van der Waals surface area contributed by atoms with Crippen LogP contribution in [0.1, 0.15) is 16.8 Å². The molecule has 1 fully saturated rings. The molecule has 0 radical (unpaired) electrons. The van der Waals surface area contributed by atoms with E-state index < -0.39 is 0 Å². The molecule has 4 nitrogen and oxygen atoms in total. The molecule has 0 bridgehead atoms. The number of likely N-dealkylation sites (tertiary alicyclic amines) is 1. The Labute approximate surface area is 105 Å². The van der Waals surface area contributed by atoms with Crippen LogP contribution in [0, 0.1) is 0 Å². The zero-order chi connectivity index (χ0) is 12.4. The lowest BCUT2D eigenvalue weighted by Gasteiger charge is -2.13. The van der Waals surface area contributed by atoms with E-state index in [4.69, 9.17) is 11.6 Å². The van der Waals surface area contributed by atoms with Gasteiger partial charge in [-0.1, -0.05) is 11.6 Å². The predicted molar refractivity (Wildman–Crippen MR) is 66.5 cm³/mol. The molecule has 5 heteroatoms. The number of benzene rings is 1. The largest absolute Gasteiger partial charge is 0.507 e. The molecule has 1 aliphatic heterocycles. The van der Waals surface area contributed by atoms with Crippen molar-refractivity contribution in [1.82, 2.24) is 10.2 Å². The van der Waals surface area contributed by atoms with Crippen molar-refractivity contribution in [2.75, 3.05) is 20.1 Å². The van der Waals surface area contributed by atoms with Crippen LogP contribution in [0.25, 0.3) is 0 Å². The lowest BCUT2D eigenvalue weighted by molar-refractivity contribution is 0.0936. The number of amides is 1. The lowest BCUT2D eigenvalue weighted by atomic mass is 10.1. The number of carbonyl (C=O) groups excluding carboxylic acids is 1. The molecule has 1 saturated heterocycles. The second kappa shape index (κ2) is 4.94. The molecule has 92 valence electrons. The minimum Gasteiger partial charge on any atom is -0.507 e. The normalized spacial score (nSPS) is 20.5. The molecule has 0 aliphatic carbocycles. The quantitative estimate of drug-likeness (QED) is 0.841. The van der Waals surface area contributed by atoms with E-state index in [0.717, 1.165) is 19.5 Å². The van der Waals surface area contributed by atoms with Crippen LogP contribution in [0.2, 0.25) is 5.02 Å². The van der Waals surface area contributed by atoms with Crippen LogP contribution in [-0.2, 0) is 0 Å². The molecular weight excluding hydrogens is 240 g/mol. The Balaban J connectivity index is 2.04. The average molecular weight is 255 g/mol. The van der Waals surface area contributed by atoms with Crippen LogP contribution in [0.15, 0.2) is 18.2 Å². The van der Waals surface area contributed by atoms with E-state index in [1.165, 1.54) is 12.1 Å². The lowest BCUT2D eigenvalue weighted by Crippen LogP contribution is -2.36. The highest BCUT2D eigenvalue weighted by Crippen LogP contribution is 2.22. The van der Waals surface area contributed by atoms with E-state index in [1.54, 1.807) is 6.07 Å². The fourth-order valence-corrected chi connectivity index (χ4v) is 2.18. The second-order valence-corrected chi connectivity index (χ2v) is 4.82. The summed E-state index contributed by atoms with van der Waals surface area (Å²) in [6.07, 6.45) is 0.941. The second-order valence-electron chi connectivity index (χ2n) is 4.38. The highest BCUT2D eigenvalue weighted by atomic mass is 35.5. The molecule has 1 amide bonds. The summed E-state index contributed by atoms with van der Waals surface area (Å²) in [5.74, 6) is -0.333. The molecule has 1 aromatic carbocycles. The summed E-state index contributed by atoms with van der Waals surface area (Å²) in [5, 5.41) is 13.0. The minimum atomic E-state index is -0.250. The van der Waals surface area contributed by atoms with Crippen molar-refractivity contribution in [2.24, 2.45) is 0 Å². The molecule has 1 aliphatic rings. The number of likely N-dealkylation sites (N-methyl/N-ethyl adjacent to an activating group) is 1. The van der Waals surface area contributed by atoms with E-state index >= 15 is 0 Å². The van der Waals surface area contributed by atoms with Crippen molar-refractivity contribution in [1.29, 1.82) is 0 Å². The van der Waals surface area contributed by atoms with Crippen molar-refractivity contribution < 1.29 is 9.90 Å². The van der Waals surface area contributed by atoms with E-state index in [1.807, 2.05) is 7.05 Å². The summed E-state index contributed by atoms with van der Waals surface area (Å²) in [5.41, 5.74) is 0.268. The number of carbonyl (C=O) groups is 1. The van der Waals surface area contributed by atoms with Crippen LogP contribution in [0.5, 0.6) is 5.75 Å². The van der Waals surface area contributed by atoms with Gasteiger partial charge < -0.3 is 15.3 Å². The van der Waals surface area contributed by atoms with Gasteiger partial charge in [-0.15, -0.1) is 0 Å². The zero-order valence-corrected chi connectivity index (χ0v) is 10.4. The van der Waals surface area contributed by atoms with Gasteiger partial charge in [0.25, 0.3) is 5.91 Å². The van der Waals surface area contributed by atoms with Gasteiger partial charge in [-0.25, -0.2) is 0 Å². The van der Waals surface area contributed by atoms with E-state index in [-0.39, 0.29) is 23.3 Å². The Hall–Kier alpha value is -1.26. The van der Waals surface area contributed by atoms with Crippen LogP contribution in [-0.4, -0.2) is 42.1 Å². The molecule has 1 heterocycles. The van der Waals surface area contributed by atoms with Gasteiger partial charge in [0, 0.05) is 17.6 Å². The highest BCUT2D eigenvalue weighted by molar-refractivity contribution is 6.30. The number of hydrogen-bond donors (Lipinski definition) is 2. The monoisotopic (exact) mass is 254 g/mol. The number of aromatic hydroxyl groups is 1. The van der Waals surface area contributed by atoms with Crippen LogP contribution in [0.3, 0.4) is 0 Å². The van der Waals surface area contributed by atoms with Gasteiger partial charge in [0.2, 0.25) is 0 Å². The number of nitrogens with one attached hydrogen (secondary N) is 1. The Bertz CT molecular complexity index is 437. The molecule has 0 unspecified atom stereocenters.